The molecule has 1 saturated heterocycles. The summed E-state index contributed by atoms with van der Waals surface area (Å²) >= 11 is 0. The van der Waals surface area contributed by atoms with Crippen LogP contribution in [-0.2, 0) is 0 Å². The zero-order valence-electron chi connectivity index (χ0n) is 8.28. The first-order chi connectivity index (χ1) is 7.18. The van der Waals surface area contributed by atoms with E-state index in [1.54, 1.807) is 0 Å². The van der Waals surface area contributed by atoms with Crippen molar-refractivity contribution in [2.75, 3.05) is 0 Å². The fourth-order valence-electron chi connectivity index (χ4n) is 2.11. The largest absolute Gasteiger partial charge is 0.330 e. The van der Waals surface area contributed by atoms with Gasteiger partial charge < -0.3 is 0 Å². The second-order valence-electron chi connectivity index (χ2n) is 3.85. The molecule has 1 aromatic rings. The zero-order chi connectivity index (χ0) is 10.8. The maximum Gasteiger partial charge on any atom is 0.330 e. The van der Waals surface area contributed by atoms with E-state index in [-0.39, 0.29) is 0 Å². The van der Waals surface area contributed by atoms with E-state index in [0.717, 1.165) is 24.9 Å². The molecule has 0 atom stereocenters. The van der Waals surface area contributed by atoms with Gasteiger partial charge in [-0.05, 0) is 12.1 Å². The van der Waals surface area contributed by atoms with Gasteiger partial charge in [0.2, 0.25) is 0 Å². The molecule has 2 heterocycles. The molecule has 2 rings (SSSR count). The van der Waals surface area contributed by atoms with Crippen LogP contribution in [0, 0.1) is 0 Å². The Hall–Kier alpha value is -1.37. The topological polar surface area (TPSA) is 87.7 Å². The molecule has 82 valence electrons. The van der Waals surface area contributed by atoms with Crippen molar-refractivity contribution in [2.24, 2.45) is 0 Å². The van der Waals surface area contributed by atoms with Crippen LogP contribution >= 0.6 is 0 Å². The van der Waals surface area contributed by atoms with Gasteiger partial charge in [0.15, 0.2) is 8.96 Å². The first-order valence-corrected chi connectivity index (χ1v) is 7.28. The second kappa shape index (κ2) is 4.01. The Kier molecular flexibility index (Phi) is 2.72. The van der Waals surface area contributed by atoms with Crippen LogP contribution in [-0.4, -0.2) is 23.2 Å². The molecular formula is C8H13N3O3Si. The maximum absolute atomic E-state index is 11.5. The standard InChI is InChI=1S/C8H13N3O3Si/c12-6-9-7(13)11(8(14)10-6)15-4-2-1-3-5-15/h15H,1-5H2,(H2,9,10,12,13,14). The molecule has 0 amide bonds. The molecule has 0 bridgehead atoms. The van der Waals surface area contributed by atoms with Gasteiger partial charge in [-0.15, -0.1) is 0 Å². The molecule has 0 saturated carbocycles. The highest BCUT2D eigenvalue weighted by molar-refractivity contribution is 6.57. The van der Waals surface area contributed by atoms with Crippen molar-refractivity contribution in [1.82, 2.24) is 14.2 Å². The average molecular weight is 227 g/mol. The van der Waals surface area contributed by atoms with Crippen molar-refractivity contribution in [1.29, 1.82) is 0 Å². The molecule has 1 aliphatic heterocycles. The number of nitrogens with zero attached hydrogens (tertiary/aromatic N) is 1. The van der Waals surface area contributed by atoms with E-state index in [9.17, 15) is 14.4 Å². The molecule has 0 aliphatic carbocycles. The Labute approximate surface area is 86.7 Å². The van der Waals surface area contributed by atoms with E-state index in [1.807, 2.05) is 0 Å². The lowest BCUT2D eigenvalue weighted by Gasteiger charge is -2.20. The highest BCUT2D eigenvalue weighted by atomic mass is 28.3. The van der Waals surface area contributed by atoms with Crippen LogP contribution in [0.3, 0.4) is 0 Å². The molecule has 1 fully saturated rings. The third kappa shape index (κ3) is 2.01. The van der Waals surface area contributed by atoms with Gasteiger partial charge in [0, 0.05) is 0 Å². The number of H-pyrrole nitrogens is 2. The Morgan fingerprint density at radius 3 is 2.00 bits per heavy atom. The van der Waals surface area contributed by atoms with Gasteiger partial charge in [-0.2, -0.15) is 0 Å². The molecule has 6 nitrogen and oxygen atoms in total. The van der Waals surface area contributed by atoms with E-state index in [0.29, 0.717) is 0 Å². The second-order valence-corrected chi connectivity index (χ2v) is 6.83. The normalized spacial score (nSPS) is 17.9. The molecule has 15 heavy (non-hydrogen) atoms. The lowest BCUT2D eigenvalue weighted by atomic mass is 10.3. The molecule has 0 aromatic carbocycles. The van der Waals surface area contributed by atoms with Crippen molar-refractivity contribution < 1.29 is 0 Å². The number of rotatable bonds is 1. The van der Waals surface area contributed by atoms with Gasteiger partial charge >= 0.3 is 17.1 Å². The molecule has 0 spiro atoms. The van der Waals surface area contributed by atoms with Crippen LogP contribution in [0.1, 0.15) is 19.3 Å². The van der Waals surface area contributed by atoms with Crippen LogP contribution in [0.15, 0.2) is 14.4 Å². The predicted molar refractivity (Wildman–Crippen MR) is 58.0 cm³/mol. The van der Waals surface area contributed by atoms with Crippen LogP contribution in [0.5, 0.6) is 0 Å². The highest BCUT2D eigenvalue weighted by Crippen LogP contribution is 2.17. The van der Waals surface area contributed by atoms with Crippen LogP contribution in [0.4, 0.5) is 0 Å². The molecule has 1 aromatic heterocycles. The number of aromatic amines is 2. The zero-order valence-corrected chi connectivity index (χ0v) is 9.44. The number of nitrogens with one attached hydrogen (secondary N) is 2. The van der Waals surface area contributed by atoms with Crippen molar-refractivity contribution in [3.63, 3.8) is 0 Å². The Bertz CT molecular complexity index is 475. The fraction of sp³-hybridized carbons (Fsp3) is 0.625. The first-order valence-electron chi connectivity index (χ1n) is 5.13. The summed E-state index contributed by atoms with van der Waals surface area (Å²) in [4.78, 5) is 38.0. The molecule has 2 N–H and O–H groups in total. The maximum atomic E-state index is 11.5. The summed E-state index contributed by atoms with van der Waals surface area (Å²) in [7, 11) is -1.49. The van der Waals surface area contributed by atoms with Gasteiger partial charge in [-0.3, -0.25) is 14.2 Å². The number of hydrogen-bond acceptors (Lipinski definition) is 3. The van der Waals surface area contributed by atoms with Gasteiger partial charge in [0.25, 0.3) is 0 Å². The van der Waals surface area contributed by atoms with E-state index < -0.39 is 26.0 Å². The van der Waals surface area contributed by atoms with Gasteiger partial charge in [0.1, 0.15) is 0 Å². The Balaban J connectivity index is 2.47. The number of aromatic nitrogens is 3. The highest BCUT2D eigenvalue weighted by Gasteiger charge is 2.20. The summed E-state index contributed by atoms with van der Waals surface area (Å²) in [5.41, 5.74) is -1.80. The summed E-state index contributed by atoms with van der Waals surface area (Å²) in [5.74, 6) is 0. The summed E-state index contributed by atoms with van der Waals surface area (Å²) in [6, 6.07) is 1.93. The molecule has 7 heteroatoms. The summed E-state index contributed by atoms with van der Waals surface area (Å²) in [6.07, 6.45) is 3.35. The minimum absolute atomic E-state index is 0.540. The third-order valence-electron chi connectivity index (χ3n) is 2.82. The molecule has 0 unspecified atom stereocenters. The predicted octanol–water partition coefficient (Wildman–Crippen LogP) is -1.02. The van der Waals surface area contributed by atoms with Crippen LogP contribution in [0.25, 0.3) is 0 Å². The monoisotopic (exact) mass is 227 g/mol. The summed E-state index contributed by atoms with van der Waals surface area (Å²) in [5, 5.41) is 0. The van der Waals surface area contributed by atoms with Gasteiger partial charge in [-0.25, -0.2) is 14.4 Å². The van der Waals surface area contributed by atoms with Crippen molar-refractivity contribution in [3.8, 4) is 0 Å². The van der Waals surface area contributed by atoms with E-state index in [1.165, 1.54) is 10.7 Å². The van der Waals surface area contributed by atoms with Crippen molar-refractivity contribution in [3.05, 3.63) is 31.5 Å². The van der Waals surface area contributed by atoms with E-state index in [2.05, 4.69) is 9.97 Å². The Morgan fingerprint density at radius 1 is 0.933 bits per heavy atom. The summed E-state index contributed by atoms with van der Waals surface area (Å²) < 4.78 is 1.26. The van der Waals surface area contributed by atoms with Gasteiger partial charge in [0.05, 0.1) is 0 Å². The fourth-order valence-corrected chi connectivity index (χ4v) is 5.23. The SMILES string of the molecule is O=c1[nH]c(=O)n([SiH]2CCCCC2)c(=O)[nH]1. The molecule has 0 radical (unpaired) electrons. The number of hydrogen-bond donors (Lipinski definition) is 2. The van der Waals surface area contributed by atoms with E-state index >= 15 is 0 Å². The lowest BCUT2D eigenvalue weighted by molar-refractivity contribution is 0.695. The van der Waals surface area contributed by atoms with E-state index in [4.69, 9.17) is 0 Å². The smallest absolute Gasteiger partial charge is 0.278 e. The minimum Gasteiger partial charge on any atom is -0.278 e. The summed E-state index contributed by atoms with van der Waals surface area (Å²) in [6.45, 7) is 0. The van der Waals surface area contributed by atoms with Crippen molar-refractivity contribution in [2.45, 2.75) is 31.4 Å². The lowest BCUT2D eigenvalue weighted by Crippen LogP contribution is -2.50. The van der Waals surface area contributed by atoms with Crippen molar-refractivity contribution >= 4 is 8.96 Å². The van der Waals surface area contributed by atoms with Crippen LogP contribution in [0.2, 0.25) is 12.1 Å². The van der Waals surface area contributed by atoms with Crippen LogP contribution < -0.4 is 17.1 Å². The van der Waals surface area contributed by atoms with Gasteiger partial charge in [-0.1, -0.05) is 19.3 Å². The Morgan fingerprint density at radius 2 is 1.47 bits per heavy atom. The third-order valence-corrected chi connectivity index (χ3v) is 6.17. The minimum atomic E-state index is -1.49. The molecule has 1 aliphatic rings. The molecular weight excluding hydrogens is 214 g/mol. The average Bonchev–Trinajstić information content (AvgIpc) is 2.17. The quantitative estimate of drug-likeness (QED) is 0.602. The first kappa shape index (κ1) is 10.2.